The number of fused-ring (bicyclic) bond motifs is 1. The van der Waals surface area contributed by atoms with Crippen molar-refractivity contribution in [2.24, 2.45) is 23.7 Å². The van der Waals surface area contributed by atoms with E-state index < -0.39 is 6.10 Å². The molecule has 176 valence electrons. The van der Waals surface area contributed by atoms with Crippen molar-refractivity contribution >= 4 is 0 Å². The largest absolute Gasteiger partial charge is 0.392 e. The average Bonchev–Trinajstić information content (AvgIpc) is 3.22. The molecule has 2 fully saturated rings. The molecule has 2 aliphatic rings. The highest BCUT2D eigenvalue weighted by Crippen LogP contribution is 2.50. The molecule has 0 saturated heterocycles. The summed E-state index contributed by atoms with van der Waals surface area (Å²) in [6, 6.07) is 1.07. The van der Waals surface area contributed by atoms with Crippen molar-refractivity contribution in [1.82, 2.24) is 4.90 Å². The van der Waals surface area contributed by atoms with Gasteiger partial charge in [0.1, 0.15) is 0 Å². The number of nitrogens with zero attached hydrogens (tertiary/aromatic N) is 1. The van der Waals surface area contributed by atoms with Crippen LogP contribution in [0.5, 0.6) is 0 Å². The lowest BCUT2D eigenvalue weighted by atomic mass is 9.89. The van der Waals surface area contributed by atoms with Crippen molar-refractivity contribution in [3.05, 3.63) is 23.8 Å². The Labute approximate surface area is 190 Å². The van der Waals surface area contributed by atoms with Gasteiger partial charge in [0.15, 0.2) is 0 Å². The first kappa shape index (κ1) is 26.1. The average molecular weight is 432 g/mol. The summed E-state index contributed by atoms with van der Waals surface area (Å²) in [4.78, 5) is 2.45. The molecule has 0 aromatic rings. The summed E-state index contributed by atoms with van der Waals surface area (Å²) in [5, 5.41) is 20.9. The lowest BCUT2D eigenvalue weighted by Crippen LogP contribution is -2.39. The van der Waals surface area contributed by atoms with Crippen LogP contribution in [-0.4, -0.2) is 59.2 Å². The van der Waals surface area contributed by atoms with Crippen LogP contribution in [0.4, 0.5) is 0 Å². The Kier molecular flexibility index (Phi) is 10.8. The summed E-state index contributed by atoms with van der Waals surface area (Å²) in [6.07, 6.45) is 9.10. The molecule has 0 heterocycles. The molecule has 0 radical (unpaired) electrons. The second-order valence-corrected chi connectivity index (χ2v) is 10.1. The SMILES string of the molecule is CC#CC[C@H](C)[C@H](O)/C=C/[C@@H]1[C@H]2C/C(=C/COCCN(C(C)C)C(C)C)C[C@H]2C[C@H]1O. The van der Waals surface area contributed by atoms with Gasteiger partial charge in [-0.3, -0.25) is 4.90 Å². The smallest absolute Gasteiger partial charge is 0.0755 e. The normalized spacial score (nSPS) is 29.2. The van der Waals surface area contributed by atoms with Gasteiger partial charge in [-0.2, -0.15) is 0 Å². The van der Waals surface area contributed by atoms with Crippen molar-refractivity contribution < 1.29 is 14.9 Å². The van der Waals surface area contributed by atoms with Gasteiger partial charge in [0, 0.05) is 31.0 Å². The van der Waals surface area contributed by atoms with Crippen LogP contribution >= 0.6 is 0 Å². The number of rotatable bonds is 11. The van der Waals surface area contributed by atoms with E-state index in [2.05, 4.69) is 56.6 Å². The van der Waals surface area contributed by atoms with Crippen LogP contribution in [0.2, 0.25) is 0 Å². The van der Waals surface area contributed by atoms with E-state index in [9.17, 15) is 10.2 Å². The standard InChI is InChI=1S/C27H45NO3/c1-7-8-9-21(6)26(29)11-10-24-25-17-22(16-23(25)18-27(24)30)12-14-31-15-13-28(19(2)3)20(4)5/h10-12,19-21,23-27,29-30H,9,13-18H2,1-6H3/b11-10+,22-12+/t21-,23-,24+,25-,26+,27+/m0/s1. The van der Waals surface area contributed by atoms with E-state index in [1.165, 1.54) is 5.57 Å². The highest BCUT2D eigenvalue weighted by atomic mass is 16.5. The molecule has 31 heavy (non-hydrogen) atoms. The third-order valence-electron chi connectivity index (χ3n) is 7.14. The maximum Gasteiger partial charge on any atom is 0.0755 e. The first-order valence-corrected chi connectivity index (χ1v) is 12.2. The summed E-state index contributed by atoms with van der Waals surface area (Å²) in [5.74, 6) is 7.20. The fourth-order valence-corrected chi connectivity index (χ4v) is 5.30. The molecule has 0 amide bonds. The van der Waals surface area contributed by atoms with Gasteiger partial charge in [0.25, 0.3) is 0 Å². The van der Waals surface area contributed by atoms with E-state index in [1.807, 2.05) is 19.9 Å². The Bertz CT molecular complexity index is 649. The van der Waals surface area contributed by atoms with E-state index in [4.69, 9.17) is 4.74 Å². The minimum absolute atomic E-state index is 0.108. The second kappa shape index (κ2) is 12.8. The summed E-state index contributed by atoms with van der Waals surface area (Å²) >= 11 is 0. The van der Waals surface area contributed by atoms with Crippen molar-refractivity contribution in [3.63, 3.8) is 0 Å². The van der Waals surface area contributed by atoms with E-state index in [1.54, 1.807) is 0 Å². The molecule has 0 bridgehead atoms. The second-order valence-electron chi connectivity index (χ2n) is 10.1. The molecule has 2 N–H and O–H groups in total. The van der Waals surface area contributed by atoms with Crippen LogP contribution in [-0.2, 0) is 4.74 Å². The van der Waals surface area contributed by atoms with Gasteiger partial charge >= 0.3 is 0 Å². The summed E-state index contributed by atoms with van der Waals surface area (Å²) < 4.78 is 5.91. The zero-order chi connectivity index (χ0) is 23.0. The molecule has 4 heteroatoms. The minimum atomic E-state index is -0.506. The quantitative estimate of drug-likeness (QED) is 0.289. The van der Waals surface area contributed by atoms with Crippen molar-refractivity contribution in [2.45, 2.75) is 91.5 Å². The number of allylic oxidation sites excluding steroid dienone is 1. The predicted octanol–water partition coefficient (Wildman–Crippen LogP) is 4.42. The van der Waals surface area contributed by atoms with Crippen LogP contribution in [0, 0.1) is 35.5 Å². The zero-order valence-electron chi connectivity index (χ0n) is 20.6. The van der Waals surface area contributed by atoms with Crippen LogP contribution < -0.4 is 0 Å². The molecule has 0 spiro atoms. The predicted molar refractivity (Wildman–Crippen MR) is 129 cm³/mol. The minimum Gasteiger partial charge on any atom is -0.392 e. The summed E-state index contributed by atoms with van der Waals surface area (Å²) in [7, 11) is 0. The number of hydrogen-bond acceptors (Lipinski definition) is 4. The highest BCUT2D eigenvalue weighted by Gasteiger charge is 2.45. The third kappa shape index (κ3) is 7.75. The number of aliphatic hydroxyl groups excluding tert-OH is 2. The Hall–Kier alpha value is -1.12. The molecular formula is C27H45NO3. The molecule has 0 aliphatic heterocycles. The highest BCUT2D eigenvalue weighted by molar-refractivity contribution is 5.18. The maximum atomic E-state index is 10.6. The van der Waals surface area contributed by atoms with Crippen LogP contribution in [0.25, 0.3) is 0 Å². The van der Waals surface area contributed by atoms with Crippen molar-refractivity contribution in [3.8, 4) is 11.8 Å². The molecular weight excluding hydrogens is 386 g/mol. The molecule has 0 aromatic carbocycles. The van der Waals surface area contributed by atoms with Gasteiger partial charge in [-0.05, 0) is 71.6 Å². The summed E-state index contributed by atoms with van der Waals surface area (Å²) in [5.41, 5.74) is 1.47. The molecule has 2 aliphatic carbocycles. The van der Waals surface area contributed by atoms with E-state index in [0.29, 0.717) is 36.9 Å². The van der Waals surface area contributed by atoms with E-state index in [0.717, 1.165) is 32.4 Å². The molecule has 0 aromatic heterocycles. The molecule has 2 rings (SSSR count). The summed E-state index contributed by atoms with van der Waals surface area (Å²) in [6.45, 7) is 15.2. The van der Waals surface area contributed by atoms with Crippen molar-refractivity contribution in [2.75, 3.05) is 19.8 Å². The molecule has 0 unspecified atom stereocenters. The number of ether oxygens (including phenoxy) is 1. The number of hydrogen-bond donors (Lipinski definition) is 2. The van der Waals surface area contributed by atoms with Crippen molar-refractivity contribution in [1.29, 1.82) is 0 Å². The molecule has 4 nitrogen and oxygen atoms in total. The Morgan fingerprint density at radius 1 is 1.16 bits per heavy atom. The van der Waals surface area contributed by atoms with Gasteiger partial charge in [0.2, 0.25) is 0 Å². The Balaban J connectivity index is 1.81. The van der Waals surface area contributed by atoms with Crippen LogP contribution in [0.3, 0.4) is 0 Å². The van der Waals surface area contributed by atoms with Gasteiger partial charge < -0.3 is 14.9 Å². The lowest BCUT2D eigenvalue weighted by molar-refractivity contribution is 0.0919. The molecule has 6 atom stereocenters. The zero-order valence-corrected chi connectivity index (χ0v) is 20.6. The Morgan fingerprint density at radius 2 is 1.87 bits per heavy atom. The van der Waals surface area contributed by atoms with Gasteiger partial charge in [-0.25, -0.2) is 0 Å². The monoisotopic (exact) mass is 431 g/mol. The lowest BCUT2D eigenvalue weighted by Gasteiger charge is -2.30. The fraction of sp³-hybridized carbons (Fsp3) is 0.778. The third-order valence-corrected chi connectivity index (χ3v) is 7.14. The topological polar surface area (TPSA) is 52.9 Å². The Morgan fingerprint density at radius 3 is 2.52 bits per heavy atom. The van der Waals surface area contributed by atoms with Crippen LogP contribution in [0.1, 0.15) is 67.2 Å². The van der Waals surface area contributed by atoms with Crippen LogP contribution in [0.15, 0.2) is 23.8 Å². The van der Waals surface area contributed by atoms with Gasteiger partial charge in [0.05, 0.1) is 25.4 Å². The van der Waals surface area contributed by atoms with E-state index in [-0.39, 0.29) is 17.9 Å². The first-order chi connectivity index (χ1) is 14.7. The maximum absolute atomic E-state index is 10.6. The van der Waals surface area contributed by atoms with Gasteiger partial charge in [-0.1, -0.05) is 30.7 Å². The van der Waals surface area contributed by atoms with E-state index >= 15 is 0 Å². The number of aliphatic hydroxyl groups is 2. The fourth-order valence-electron chi connectivity index (χ4n) is 5.30. The van der Waals surface area contributed by atoms with Gasteiger partial charge in [-0.15, -0.1) is 11.8 Å². The first-order valence-electron chi connectivity index (χ1n) is 12.2. The molecule has 2 saturated carbocycles.